The number of carbonyl (C=O) groups excluding carboxylic acids is 2. The van der Waals surface area contributed by atoms with Gasteiger partial charge in [0.2, 0.25) is 5.91 Å². The third kappa shape index (κ3) is 3.99. The highest BCUT2D eigenvalue weighted by Gasteiger charge is 2.18. The lowest BCUT2D eigenvalue weighted by atomic mass is 10.2. The molecule has 0 aliphatic carbocycles. The van der Waals surface area contributed by atoms with Crippen LogP contribution >= 0.6 is 11.3 Å². The van der Waals surface area contributed by atoms with Crippen LogP contribution in [0.15, 0.2) is 73.6 Å². The van der Waals surface area contributed by atoms with Gasteiger partial charge in [-0.15, -0.1) is 11.3 Å². The molecule has 2 N–H and O–H groups in total. The van der Waals surface area contributed by atoms with Gasteiger partial charge in [-0.05, 0) is 42.0 Å². The topological polar surface area (TPSA) is 71.1 Å². The number of anilines is 2. The number of carbonyl (C=O) groups is 2. The quantitative estimate of drug-likeness (QED) is 0.679. The summed E-state index contributed by atoms with van der Waals surface area (Å²) in [5.74, 6) is -0.649. The Hall–Kier alpha value is -3.25. The van der Waals surface area contributed by atoms with E-state index in [0.717, 1.165) is 10.4 Å². The van der Waals surface area contributed by atoms with Gasteiger partial charge in [0.1, 0.15) is 4.88 Å². The number of benzene rings is 1. The van der Waals surface area contributed by atoms with E-state index in [1.807, 2.05) is 30.3 Å². The van der Waals surface area contributed by atoms with Crippen LogP contribution in [0.4, 0.5) is 11.4 Å². The molecule has 5 nitrogen and oxygen atoms in total. The number of thiophene rings is 1. The summed E-state index contributed by atoms with van der Waals surface area (Å²) in [5, 5.41) is 5.53. The second-order valence-electron chi connectivity index (χ2n) is 5.10. The van der Waals surface area contributed by atoms with E-state index < -0.39 is 0 Å². The summed E-state index contributed by atoms with van der Waals surface area (Å²) in [6.45, 7) is 3.45. The molecule has 0 radical (unpaired) electrons. The third-order valence-corrected chi connectivity index (χ3v) is 4.56. The first-order valence-electron chi connectivity index (χ1n) is 7.51. The second kappa shape index (κ2) is 7.55. The zero-order valence-corrected chi connectivity index (χ0v) is 14.0. The average Bonchev–Trinajstić information content (AvgIpc) is 3.07. The van der Waals surface area contributed by atoms with Gasteiger partial charge in [-0.2, -0.15) is 0 Å². The summed E-state index contributed by atoms with van der Waals surface area (Å²) >= 11 is 1.30. The highest BCUT2D eigenvalue weighted by Crippen LogP contribution is 2.35. The molecule has 0 aliphatic heterocycles. The molecule has 2 amide bonds. The van der Waals surface area contributed by atoms with Crippen LogP contribution in [0, 0.1) is 0 Å². The minimum absolute atomic E-state index is 0.282. The molecule has 3 rings (SSSR count). The molecule has 2 heterocycles. The first-order valence-corrected chi connectivity index (χ1v) is 8.33. The minimum atomic E-state index is -0.368. The SMILES string of the molecule is C=CC(=O)Nc1cc(-c2ccncc2)sc1C(=O)Nc1ccccc1. The predicted molar refractivity (Wildman–Crippen MR) is 101 cm³/mol. The molecule has 6 heteroatoms. The lowest BCUT2D eigenvalue weighted by Gasteiger charge is -2.06. The van der Waals surface area contributed by atoms with Crippen LogP contribution < -0.4 is 10.6 Å². The molecule has 0 saturated heterocycles. The number of hydrogen-bond donors (Lipinski definition) is 2. The van der Waals surface area contributed by atoms with Gasteiger partial charge in [0, 0.05) is 23.0 Å². The first kappa shape index (κ1) is 16.6. The molecule has 25 heavy (non-hydrogen) atoms. The number of hydrogen-bond acceptors (Lipinski definition) is 4. The lowest BCUT2D eigenvalue weighted by molar-refractivity contribution is -0.111. The lowest BCUT2D eigenvalue weighted by Crippen LogP contribution is -2.14. The Balaban J connectivity index is 1.95. The Morgan fingerprint density at radius 1 is 1.04 bits per heavy atom. The van der Waals surface area contributed by atoms with Crippen molar-refractivity contribution < 1.29 is 9.59 Å². The largest absolute Gasteiger partial charge is 0.321 e. The standard InChI is InChI=1S/C19H15N3O2S/c1-2-17(23)22-15-12-16(13-8-10-20-11-9-13)25-18(15)19(24)21-14-6-4-3-5-7-14/h2-12H,1H2,(H,21,24)(H,22,23). The van der Waals surface area contributed by atoms with Crippen molar-refractivity contribution >= 4 is 34.5 Å². The molecule has 0 spiro atoms. The van der Waals surface area contributed by atoms with E-state index in [1.54, 1.807) is 30.6 Å². The number of nitrogens with one attached hydrogen (secondary N) is 2. The molecular formula is C19H15N3O2S. The number of nitrogens with zero attached hydrogens (tertiary/aromatic N) is 1. The Bertz CT molecular complexity index is 905. The van der Waals surface area contributed by atoms with Crippen molar-refractivity contribution in [1.82, 2.24) is 4.98 Å². The number of amides is 2. The summed E-state index contributed by atoms with van der Waals surface area (Å²) in [5.41, 5.74) is 2.07. The molecule has 124 valence electrons. The van der Waals surface area contributed by atoms with Gasteiger partial charge in [0.15, 0.2) is 0 Å². The Kier molecular flexibility index (Phi) is 5.01. The second-order valence-corrected chi connectivity index (χ2v) is 6.16. The van der Waals surface area contributed by atoms with Crippen molar-refractivity contribution in [2.45, 2.75) is 0 Å². The number of para-hydroxylation sites is 1. The molecule has 0 bridgehead atoms. The summed E-state index contributed by atoms with van der Waals surface area (Å²) in [6, 6.07) is 14.6. The molecule has 0 unspecified atom stereocenters. The summed E-state index contributed by atoms with van der Waals surface area (Å²) in [4.78, 5) is 29.6. The van der Waals surface area contributed by atoms with E-state index in [0.29, 0.717) is 16.3 Å². The van der Waals surface area contributed by atoms with Gasteiger partial charge >= 0.3 is 0 Å². The normalized spacial score (nSPS) is 10.1. The molecule has 0 fully saturated rings. The summed E-state index contributed by atoms with van der Waals surface area (Å²) in [6.07, 6.45) is 4.53. The fourth-order valence-electron chi connectivity index (χ4n) is 2.20. The summed E-state index contributed by atoms with van der Waals surface area (Å²) < 4.78 is 0. The van der Waals surface area contributed by atoms with E-state index >= 15 is 0 Å². The maximum Gasteiger partial charge on any atom is 0.267 e. The zero-order chi connectivity index (χ0) is 17.6. The molecule has 0 aliphatic rings. The molecule has 0 saturated carbocycles. The van der Waals surface area contributed by atoms with Gasteiger partial charge in [0.05, 0.1) is 5.69 Å². The molecule has 0 atom stereocenters. The van der Waals surface area contributed by atoms with Crippen molar-refractivity contribution in [3.63, 3.8) is 0 Å². The van der Waals surface area contributed by atoms with Crippen LogP contribution in [0.25, 0.3) is 10.4 Å². The van der Waals surface area contributed by atoms with Crippen LogP contribution in [-0.4, -0.2) is 16.8 Å². The Morgan fingerprint density at radius 2 is 1.76 bits per heavy atom. The fraction of sp³-hybridized carbons (Fsp3) is 0. The van der Waals surface area contributed by atoms with Crippen LogP contribution in [0.5, 0.6) is 0 Å². The molecular weight excluding hydrogens is 334 g/mol. The number of aromatic nitrogens is 1. The van der Waals surface area contributed by atoms with Crippen LogP contribution in [0.2, 0.25) is 0 Å². The maximum absolute atomic E-state index is 12.7. The van der Waals surface area contributed by atoms with Crippen molar-refractivity contribution in [1.29, 1.82) is 0 Å². The molecule has 2 aromatic heterocycles. The van der Waals surface area contributed by atoms with Crippen molar-refractivity contribution in [2.24, 2.45) is 0 Å². The minimum Gasteiger partial charge on any atom is -0.321 e. The van der Waals surface area contributed by atoms with E-state index in [2.05, 4.69) is 22.2 Å². The van der Waals surface area contributed by atoms with Crippen molar-refractivity contribution in [2.75, 3.05) is 10.6 Å². The van der Waals surface area contributed by atoms with Gasteiger partial charge in [-0.25, -0.2) is 0 Å². The third-order valence-electron chi connectivity index (χ3n) is 3.38. The van der Waals surface area contributed by atoms with E-state index in [9.17, 15) is 9.59 Å². The predicted octanol–water partition coefficient (Wildman–Crippen LogP) is 4.19. The zero-order valence-electron chi connectivity index (χ0n) is 13.2. The smallest absolute Gasteiger partial charge is 0.267 e. The van der Waals surface area contributed by atoms with Crippen LogP contribution in [-0.2, 0) is 4.79 Å². The average molecular weight is 349 g/mol. The number of pyridine rings is 1. The van der Waals surface area contributed by atoms with Gasteiger partial charge < -0.3 is 10.6 Å². The number of rotatable bonds is 5. The Labute approximate surface area is 149 Å². The van der Waals surface area contributed by atoms with Crippen molar-refractivity contribution in [3.8, 4) is 10.4 Å². The fourth-order valence-corrected chi connectivity index (χ4v) is 3.22. The maximum atomic E-state index is 12.7. The van der Waals surface area contributed by atoms with Crippen LogP contribution in [0.3, 0.4) is 0 Å². The van der Waals surface area contributed by atoms with E-state index in [1.165, 1.54) is 17.4 Å². The van der Waals surface area contributed by atoms with Crippen molar-refractivity contribution in [3.05, 3.63) is 78.5 Å². The van der Waals surface area contributed by atoms with Gasteiger partial charge in [-0.3, -0.25) is 14.6 Å². The Morgan fingerprint density at radius 3 is 2.44 bits per heavy atom. The molecule has 1 aromatic carbocycles. The van der Waals surface area contributed by atoms with E-state index in [-0.39, 0.29) is 11.8 Å². The van der Waals surface area contributed by atoms with E-state index in [4.69, 9.17) is 0 Å². The molecule has 3 aromatic rings. The highest BCUT2D eigenvalue weighted by molar-refractivity contribution is 7.18. The summed E-state index contributed by atoms with van der Waals surface area (Å²) in [7, 11) is 0. The first-order chi connectivity index (χ1) is 12.2. The monoisotopic (exact) mass is 349 g/mol. The van der Waals surface area contributed by atoms with Gasteiger partial charge in [-0.1, -0.05) is 24.8 Å². The van der Waals surface area contributed by atoms with Gasteiger partial charge in [0.25, 0.3) is 5.91 Å². The highest BCUT2D eigenvalue weighted by atomic mass is 32.1. The van der Waals surface area contributed by atoms with Crippen LogP contribution in [0.1, 0.15) is 9.67 Å².